The van der Waals surface area contributed by atoms with E-state index in [1.807, 2.05) is 0 Å². The molecule has 4 rings (SSSR count). The monoisotopic (exact) mass is 401 g/mol. The molecule has 3 aliphatic rings. The third kappa shape index (κ3) is 4.90. The Balaban J connectivity index is 0.00000121. The Morgan fingerprint density at radius 1 is 1.15 bits per heavy atom. The van der Waals surface area contributed by atoms with Crippen LogP contribution in [0.15, 0.2) is 30.3 Å². The minimum Gasteiger partial charge on any atom is -0.378 e. The zero-order valence-corrected chi connectivity index (χ0v) is 16.6. The van der Waals surface area contributed by atoms with Crippen molar-refractivity contribution in [2.24, 2.45) is 0 Å². The summed E-state index contributed by atoms with van der Waals surface area (Å²) >= 11 is 0. The van der Waals surface area contributed by atoms with Crippen molar-refractivity contribution in [3.63, 3.8) is 0 Å². The first-order valence-electron chi connectivity index (χ1n) is 9.21. The molecule has 3 atom stereocenters. The first-order chi connectivity index (χ1) is 11.8. The normalized spacial score (nSPS) is 30.8. The molecule has 3 saturated heterocycles. The van der Waals surface area contributed by atoms with Crippen LogP contribution in [0.2, 0.25) is 0 Å². The number of fused-ring (bicyclic) bond motifs is 2. The minimum absolute atomic E-state index is 0. The summed E-state index contributed by atoms with van der Waals surface area (Å²) in [4.78, 5) is 15.1. The Hall–Kier alpha value is -0.850. The first kappa shape index (κ1) is 21.5. The minimum atomic E-state index is -0.182. The number of ether oxygens (including phenoxy) is 1. The Bertz CT molecular complexity index is 555. The molecule has 1 aromatic rings. The van der Waals surface area contributed by atoms with Crippen molar-refractivity contribution in [1.82, 2.24) is 15.5 Å². The molecule has 0 radical (unpaired) electrons. The number of carbonyl (C=O) groups excluding carboxylic acids is 1. The maximum atomic E-state index is 12.4. The predicted molar refractivity (Wildman–Crippen MR) is 107 cm³/mol. The molecule has 0 saturated carbocycles. The highest BCUT2D eigenvalue weighted by molar-refractivity contribution is 5.85. The van der Waals surface area contributed by atoms with E-state index in [-0.39, 0.29) is 36.8 Å². The molecule has 146 valence electrons. The highest BCUT2D eigenvalue weighted by Crippen LogP contribution is 2.36. The van der Waals surface area contributed by atoms with Crippen LogP contribution >= 0.6 is 24.8 Å². The van der Waals surface area contributed by atoms with Crippen LogP contribution in [0.25, 0.3) is 0 Å². The number of hydrogen-bond acceptors (Lipinski definition) is 4. The molecule has 3 aliphatic heterocycles. The van der Waals surface area contributed by atoms with Gasteiger partial charge < -0.3 is 15.4 Å². The topological polar surface area (TPSA) is 53.6 Å². The fraction of sp³-hybridized carbons (Fsp3) is 0.632. The number of piperidine rings is 1. The maximum Gasteiger partial charge on any atom is 0.239 e. The Morgan fingerprint density at radius 2 is 1.85 bits per heavy atom. The van der Waals surface area contributed by atoms with E-state index in [9.17, 15) is 4.79 Å². The average Bonchev–Trinajstić information content (AvgIpc) is 2.86. The largest absolute Gasteiger partial charge is 0.378 e. The standard InChI is InChI=1S/C19H27N3O2.2ClH/c23-19(18-13-24-9-8-20-18)21-15-10-16-6-7-17(11-15)22(16)12-14-4-2-1-3-5-14;;/h1-5,15-18,20H,6-13H2,(H,21,23);2*1H. The van der Waals surface area contributed by atoms with E-state index < -0.39 is 0 Å². The zero-order valence-electron chi connectivity index (χ0n) is 14.9. The van der Waals surface area contributed by atoms with E-state index in [2.05, 4.69) is 45.9 Å². The Kier molecular flexibility index (Phi) is 8.17. The SMILES string of the molecule is Cl.Cl.O=C(NC1CC2CCC(C1)N2Cc1ccccc1)C1COCCN1. The first-order valence-corrected chi connectivity index (χ1v) is 9.21. The van der Waals surface area contributed by atoms with Crippen LogP contribution in [0.3, 0.4) is 0 Å². The molecule has 26 heavy (non-hydrogen) atoms. The van der Waals surface area contributed by atoms with Crippen molar-refractivity contribution < 1.29 is 9.53 Å². The average molecular weight is 402 g/mol. The second-order valence-corrected chi connectivity index (χ2v) is 7.30. The van der Waals surface area contributed by atoms with Crippen LogP contribution in [-0.2, 0) is 16.1 Å². The lowest BCUT2D eigenvalue weighted by Gasteiger charge is -2.39. The highest BCUT2D eigenvalue weighted by Gasteiger charge is 2.41. The van der Waals surface area contributed by atoms with E-state index in [1.54, 1.807) is 0 Å². The molecule has 5 nitrogen and oxygen atoms in total. The molecule has 3 heterocycles. The van der Waals surface area contributed by atoms with Crippen molar-refractivity contribution in [3.05, 3.63) is 35.9 Å². The predicted octanol–water partition coefficient (Wildman–Crippen LogP) is 2.13. The van der Waals surface area contributed by atoms with Crippen molar-refractivity contribution >= 4 is 30.7 Å². The van der Waals surface area contributed by atoms with Gasteiger partial charge in [-0.25, -0.2) is 0 Å². The van der Waals surface area contributed by atoms with Crippen molar-refractivity contribution in [2.45, 2.75) is 56.4 Å². The number of benzene rings is 1. The van der Waals surface area contributed by atoms with Gasteiger partial charge in [-0.05, 0) is 31.2 Å². The van der Waals surface area contributed by atoms with Gasteiger partial charge in [-0.15, -0.1) is 24.8 Å². The molecule has 0 spiro atoms. The molecule has 0 aromatic heterocycles. The Morgan fingerprint density at radius 3 is 2.46 bits per heavy atom. The zero-order chi connectivity index (χ0) is 16.4. The maximum absolute atomic E-state index is 12.4. The van der Waals surface area contributed by atoms with E-state index in [4.69, 9.17) is 4.74 Å². The fourth-order valence-electron chi connectivity index (χ4n) is 4.48. The van der Waals surface area contributed by atoms with Crippen LogP contribution < -0.4 is 10.6 Å². The van der Waals surface area contributed by atoms with Crippen molar-refractivity contribution in [3.8, 4) is 0 Å². The molecule has 0 aliphatic carbocycles. The molecule has 2 bridgehead atoms. The van der Waals surface area contributed by atoms with Gasteiger partial charge in [0.1, 0.15) is 6.04 Å². The lowest BCUT2D eigenvalue weighted by atomic mass is 9.96. The summed E-state index contributed by atoms with van der Waals surface area (Å²) in [7, 11) is 0. The van der Waals surface area contributed by atoms with Crippen LogP contribution in [0, 0.1) is 0 Å². The summed E-state index contributed by atoms with van der Waals surface area (Å²) in [6.45, 7) is 2.99. The molecule has 1 amide bonds. The highest BCUT2D eigenvalue weighted by atomic mass is 35.5. The molecule has 1 aromatic carbocycles. The van der Waals surface area contributed by atoms with E-state index >= 15 is 0 Å². The number of halogens is 2. The van der Waals surface area contributed by atoms with E-state index in [1.165, 1.54) is 18.4 Å². The third-order valence-electron chi connectivity index (χ3n) is 5.68. The summed E-state index contributed by atoms with van der Waals surface area (Å²) in [5.74, 6) is 0.107. The van der Waals surface area contributed by atoms with E-state index in [0.29, 0.717) is 31.3 Å². The second kappa shape index (κ2) is 9.90. The van der Waals surface area contributed by atoms with Crippen LogP contribution in [0.1, 0.15) is 31.2 Å². The van der Waals surface area contributed by atoms with Gasteiger partial charge in [0, 0.05) is 31.2 Å². The van der Waals surface area contributed by atoms with E-state index in [0.717, 1.165) is 25.9 Å². The number of morpholine rings is 1. The van der Waals surface area contributed by atoms with Crippen LogP contribution in [0.5, 0.6) is 0 Å². The van der Waals surface area contributed by atoms with Gasteiger partial charge in [0.25, 0.3) is 0 Å². The smallest absolute Gasteiger partial charge is 0.239 e. The Labute approximate surface area is 168 Å². The molecule has 7 heteroatoms. The van der Waals surface area contributed by atoms with Gasteiger partial charge in [0.05, 0.1) is 13.2 Å². The van der Waals surface area contributed by atoms with Gasteiger partial charge in [0.2, 0.25) is 5.91 Å². The number of carbonyl (C=O) groups is 1. The molecular weight excluding hydrogens is 373 g/mol. The molecule has 3 unspecified atom stereocenters. The van der Waals surface area contributed by atoms with Gasteiger partial charge in [-0.1, -0.05) is 30.3 Å². The third-order valence-corrected chi connectivity index (χ3v) is 5.68. The molecule has 2 N–H and O–H groups in total. The van der Waals surface area contributed by atoms with Crippen molar-refractivity contribution in [1.29, 1.82) is 0 Å². The number of nitrogens with zero attached hydrogens (tertiary/aromatic N) is 1. The molecular formula is C19H29Cl2N3O2. The van der Waals surface area contributed by atoms with Gasteiger partial charge in [-0.2, -0.15) is 0 Å². The lowest BCUT2D eigenvalue weighted by Crippen LogP contribution is -2.56. The lowest BCUT2D eigenvalue weighted by molar-refractivity contribution is -0.127. The molecule has 3 fully saturated rings. The fourth-order valence-corrected chi connectivity index (χ4v) is 4.48. The van der Waals surface area contributed by atoms with Gasteiger partial charge in [0.15, 0.2) is 0 Å². The summed E-state index contributed by atoms with van der Waals surface area (Å²) in [6, 6.07) is 12.1. The number of amides is 1. The number of hydrogen-bond donors (Lipinski definition) is 2. The van der Waals surface area contributed by atoms with Crippen LogP contribution in [-0.4, -0.2) is 54.7 Å². The summed E-state index contributed by atoms with van der Waals surface area (Å²) in [5, 5.41) is 6.51. The summed E-state index contributed by atoms with van der Waals surface area (Å²) in [5.41, 5.74) is 1.39. The summed E-state index contributed by atoms with van der Waals surface area (Å²) < 4.78 is 5.40. The number of nitrogens with one attached hydrogen (secondary N) is 2. The van der Waals surface area contributed by atoms with Crippen LogP contribution in [0.4, 0.5) is 0 Å². The summed E-state index contributed by atoms with van der Waals surface area (Å²) in [6.07, 6.45) is 4.66. The second-order valence-electron chi connectivity index (χ2n) is 7.30. The quantitative estimate of drug-likeness (QED) is 0.811. The van der Waals surface area contributed by atoms with Gasteiger partial charge >= 0.3 is 0 Å². The number of rotatable bonds is 4. The van der Waals surface area contributed by atoms with Gasteiger partial charge in [-0.3, -0.25) is 9.69 Å². The van der Waals surface area contributed by atoms with Crippen molar-refractivity contribution in [2.75, 3.05) is 19.8 Å².